The Morgan fingerprint density at radius 3 is 2.43 bits per heavy atom. The van der Waals surface area contributed by atoms with Crippen LogP contribution >= 0.6 is 12.4 Å². The standard InChI is InChI=1S/C28H31N3O3.ClH/c1-18-13-15-19(16-14-18)17-31-22-12-8-7-11-21(22)24-23(28(31)33)26(34-3)25(30(24)2)27(32)29-20-9-5-4-6-10-20;/h7-8,11-16,20H,4-6,9-10,17H2,1-3H3,(H,29,32);1H. The number of pyridine rings is 1. The van der Waals surface area contributed by atoms with Crippen LogP contribution in [0.3, 0.4) is 0 Å². The molecule has 7 heteroatoms. The van der Waals surface area contributed by atoms with Crippen LogP contribution < -0.4 is 15.6 Å². The van der Waals surface area contributed by atoms with Gasteiger partial charge in [0.15, 0.2) is 11.4 Å². The van der Waals surface area contributed by atoms with Crippen LogP contribution in [0, 0.1) is 6.92 Å². The van der Waals surface area contributed by atoms with Gasteiger partial charge < -0.3 is 19.2 Å². The minimum atomic E-state index is -0.184. The number of nitrogens with zero attached hydrogens (tertiary/aromatic N) is 2. The summed E-state index contributed by atoms with van der Waals surface area (Å²) in [6, 6.07) is 16.2. The summed E-state index contributed by atoms with van der Waals surface area (Å²) in [6.45, 7) is 2.49. The van der Waals surface area contributed by atoms with Crippen LogP contribution in [0.4, 0.5) is 0 Å². The van der Waals surface area contributed by atoms with E-state index in [1.807, 2.05) is 54.9 Å². The van der Waals surface area contributed by atoms with Crippen LogP contribution in [-0.4, -0.2) is 28.2 Å². The summed E-state index contributed by atoms with van der Waals surface area (Å²) in [5.74, 6) is 0.162. The number of fused-ring (bicyclic) bond motifs is 3. The van der Waals surface area contributed by atoms with Crippen molar-refractivity contribution in [2.45, 2.75) is 51.6 Å². The Labute approximate surface area is 211 Å². The Kier molecular flexibility index (Phi) is 7.22. The van der Waals surface area contributed by atoms with Gasteiger partial charge in [0.1, 0.15) is 5.39 Å². The van der Waals surface area contributed by atoms with Crippen molar-refractivity contribution in [3.8, 4) is 5.75 Å². The third kappa shape index (κ3) is 4.43. The summed E-state index contributed by atoms with van der Waals surface area (Å²) in [6.07, 6.45) is 5.46. The second-order valence-electron chi connectivity index (χ2n) is 9.37. The molecule has 0 radical (unpaired) electrons. The minimum Gasteiger partial charge on any atom is -0.493 e. The van der Waals surface area contributed by atoms with Gasteiger partial charge in [-0.3, -0.25) is 9.59 Å². The molecule has 0 atom stereocenters. The number of aromatic nitrogens is 2. The molecule has 0 aliphatic heterocycles. The first-order valence-electron chi connectivity index (χ1n) is 12.0. The second kappa shape index (κ2) is 10.2. The van der Waals surface area contributed by atoms with E-state index in [2.05, 4.69) is 17.4 Å². The fraction of sp³-hybridized carbons (Fsp3) is 0.357. The highest BCUT2D eigenvalue weighted by molar-refractivity contribution is 6.12. The molecule has 2 aromatic carbocycles. The van der Waals surface area contributed by atoms with Crippen LogP contribution in [0.1, 0.15) is 53.7 Å². The highest BCUT2D eigenvalue weighted by Gasteiger charge is 2.28. The Balaban J connectivity index is 0.00000289. The van der Waals surface area contributed by atoms with Gasteiger partial charge in [-0.2, -0.15) is 0 Å². The fourth-order valence-electron chi connectivity index (χ4n) is 5.31. The topological polar surface area (TPSA) is 65.3 Å². The van der Waals surface area contributed by atoms with Crippen LogP contribution in [-0.2, 0) is 13.6 Å². The molecule has 1 fully saturated rings. The van der Waals surface area contributed by atoms with E-state index in [4.69, 9.17) is 4.74 Å². The number of hydrogen-bond donors (Lipinski definition) is 1. The maximum absolute atomic E-state index is 13.9. The molecule has 1 saturated carbocycles. The summed E-state index contributed by atoms with van der Waals surface area (Å²) in [5.41, 5.74) is 4.03. The van der Waals surface area contributed by atoms with Crippen LogP contribution in [0.5, 0.6) is 5.75 Å². The molecule has 1 N–H and O–H groups in total. The Morgan fingerprint density at radius 2 is 1.74 bits per heavy atom. The Morgan fingerprint density at radius 1 is 1.06 bits per heavy atom. The molecule has 0 spiro atoms. The number of hydrogen-bond acceptors (Lipinski definition) is 3. The van der Waals surface area contributed by atoms with Gasteiger partial charge in [0.05, 0.1) is 24.7 Å². The fourth-order valence-corrected chi connectivity index (χ4v) is 5.31. The van der Waals surface area contributed by atoms with Crippen molar-refractivity contribution in [3.63, 3.8) is 0 Å². The van der Waals surface area contributed by atoms with Crippen molar-refractivity contribution in [1.29, 1.82) is 0 Å². The number of aryl methyl sites for hydroxylation is 2. The van der Waals surface area contributed by atoms with Gasteiger partial charge in [-0.25, -0.2) is 0 Å². The number of para-hydroxylation sites is 1. The van der Waals surface area contributed by atoms with Crippen molar-refractivity contribution in [3.05, 3.63) is 75.7 Å². The molecule has 1 amide bonds. The van der Waals surface area contributed by atoms with E-state index in [0.29, 0.717) is 23.4 Å². The largest absolute Gasteiger partial charge is 0.493 e. The Hall–Kier alpha value is -3.25. The second-order valence-corrected chi connectivity index (χ2v) is 9.37. The van der Waals surface area contributed by atoms with Crippen molar-refractivity contribution >= 4 is 40.1 Å². The smallest absolute Gasteiger partial charge is 0.272 e. The highest BCUT2D eigenvalue weighted by atomic mass is 35.5. The third-order valence-electron chi connectivity index (χ3n) is 7.08. The summed E-state index contributed by atoms with van der Waals surface area (Å²) >= 11 is 0. The summed E-state index contributed by atoms with van der Waals surface area (Å²) < 4.78 is 9.36. The van der Waals surface area contributed by atoms with Gasteiger partial charge in [0.2, 0.25) is 0 Å². The van der Waals surface area contributed by atoms with Crippen molar-refractivity contribution in [2.75, 3.05) is 7.11 Å². The lowest BCUT2D eigenvalue weighted by Gasteiger charge is -2.23. The number of benzene rings is 2. The van der Waals surface area contributed by atoms with Crippen LogP contribution in [0.25, 0.3) is 21.8 Å². The van der Waals surface area contributed by atoms with Crippen LogP contribution in [0.2, 0.25) is 0 Å². The molecule has 6 nitrogen and oxygen atoms in total. The van der Waals surface area contributed by atoms with E-state index in [-0.39, 0.29) is 29.9 Å². The number of rotatable bonds is 5. The molecule has 35 heavy (non-hydrogen) atoms. The zero-order chi connectivity index (χ0) is 23.8. The van der Waals surface area contributed by atoms with Crippen molar-refractivity contribution in [1.82, 2.24) is 14.5 Å². The first kappa shape index (κ1) is 24.9. The number of amides is 1. The summed E-state index contributed by atoms with van der Waals surface area (Å²) in [4.78, 5) is 27.3. The number of ether oxygens (including phenoxy) is 1. The van der Waals surface area contributed by atoms with E-state index in [1.165, 1.54) is 19.1 Å². The summed E-state index contributed by atoms with van der Waals surface area (Å²) in [7, 11) is 3.38. The van der Waals surface area contributed by atoms with Crippen molar-refractivity contribution in [2.24, 2.45) is 7.05 Å². The van der Waals surface area contributed by atoms with E-state index in [0.717, 1.165) is 47.7 Å². The van der Waals surface area contributed by atoms with Gasteiger partial charge in [0, 0.05) is 18.5 Å². The monoisotopic (exact) mass is 493 g/mol. The zero-order valence-corrected chi connectivity index (χ0v) is 21.3. The number of carbonyl (C=O) groups excluding carboxylic acids is 1. The third-order valence-corrected chi connectivity index (χ3v) is 7.08. The molecule has 4 aromatic rings. The van der Waals surface area contributed by atoms with Gasteiger partial charge in [-0.1, -0.05) is 67.3 Å². The van der Waals surface area contributed by atoms with Crippen LogP contribution in [0.15, 0.2) is 53.3 Å². The molecule has 184 valence electrons. The lowest BCUT2D eigenvalue weighted by molar-refractivity contribution is 0.0916. The maximum Gasteiger partial charge on any atom is 0.272 e. The molecule has 0 saturated heterocycles. The molecule has 1 aliphatic carbocycles. The van der Waals surface area contributed by atoms with Gasteiger partial charge in [-0.15, -0.1) is 12.4 Å². The predicted molar refractivity (Wildman–Crippen MR) is 143 cm³/mol. The van der Waals surface area contributed by atoms with E-state index in [9.17, 15) is 9.59 Å². The molecular weight excluding hydrogens is 462 g/mol. The van der Waals surface area contributed by atoms with Crippen molar-refractivity contribution < 1.29 is 9.53 Å². The molecule has 2 heterocycles. The first-order chi connectivity index (χ1) is 16.5. The lowest BCUT2D eigenvalue weighted by atomic mass is 9.95. The number of carbonyl (C=O) groups is 1. The number of halogens is 1. The molecule has 2 aromatic heterocycles. The van der Waals surface area contributed by atoms with Gasteiger partial charge in [0.25, 0.3) is 11.5 Å². The van der Waals surface area contributed by atoms with E-state index < -0.39 is 0 Å². The highest BCUT2D eigenvalue weighted by Crippen LogP contribution is 2.35. The van der Waals surface area contributed by atoms with E-state index >= 15 is 0 Å². The Bertz CT molecular complexity index is 1430. The molecule has 0 unspecified atom stereocenters. The maximum atomic E-state index is 13.9. The number of methoxy groups -OCH3 is 1. The predicted octanol–water partition coefficient (Wildman–Crippen LogP) is 5.34. The number of nitrogens with one attached hydrogen (secondary N) is 1. The molecule has 0 bridgehead atoms. The lowest BCUT2D eigenvalue weighted by Crippen LogP contribution is -2.37. The van der Waals surface area contributed by atoms with Gasteiger partial charge in [-0.05, 0) is 31.4 Å². The first-order valence-corrected chi connectivity index (χ1v) is 12.0. The zero-order valence-electron chi connectivity index (χ0n) is 20.5. The average molecular weight is 494 g/mol. The molecule has 1 aliphatic rings. The quantitative estimate of drug-likeness (QED) is 0.408. The summed E-state index contributed by atoms with van der Waals surface area (Å²) in [5, 5.41) is 4.56. The molecular formula is C28H32ClN3O3. The van der Waals surface area contributed by atoms with E-state index in [1.54, 1.807) is 4.57 Å². The average Bonchev–Trinajstić information content (AvgIpc) is 3.16. The van der Waals surface area contributed by atoms with Gasteiger partial charge >= 0.3 is 0 Å². The normalized spacial score (nSPS) is 14.1. The molecule has 5 rings (SSSR count). The SMILES string of the molecule is COc1c(C(=O)NC2CCCCC2)n(C)c2c1c(=O)n(Cc1ccc(C)cc1)c1ccccc21.Cl. The minimum absolute atomic E-state index is 0.